The van der Waals surface area contributed by atoms with Crippen LogP contribution >= 0.6 is 0 Å². The highest BCUT2D eigenvalue weighted by Gasteiger charge is 2.22. The maximum atomic E-state index is 9.11. The van der Waals surface area contributed by atoms with E-state index in [4.69, 9.17) is 10.2 Å². The van der Waals surface area contributed by atoms with Gasteiger partial charge in [-0.05, 0) is 79.1 Å². The van der Waals surface area contributed by atoms with Gasteiger partial charge in [0.1, 0.15) is 0 Å². The number of nitrogens with one attached hydrogen (secondary N) is 1. The van der Waals surface area contributed by atoms with Gasteiger partial charge in [-0.3, -0.25) is 4.57 Å². The minimum absolute atomic E-state index is 0.568. The van der Waals surface area contributed by atoms with E-state index in [0.717, 1.165) is 35.1 Å². The van der Waals surface area contributed by atoms with Crippen molar-refractivity contribution in [2.24, 2.45) is 5.92 Å². The van der Waals surface area contributed by atoms with Crippen LogP contribution in [0.15, 0.2) is 67.1 Å². The topological polar surface area (TPSA) is 58.6 Å². The Morgan fingerprint density at radius 1 is 1.00 bits per heavy atom. The molecule has 0 spiro atoms. The molecule has 1 aliphatic carbocycles. The van der Waals surface area contributed by atoms with Gasteiger partial charge in [-0.2, -0.15) is 5.26 Å². The second kappa shape index (κ2) is 7.97. The number of nitrogens with zero attached hydrogens (tertiary/aromatic N) is 4. The van der Waals surface area contributed by atoms with Crippen LogP contribution in [0.3, 0.4) is 0 Å². The average molecular weight is 434 g/mol. The van der Waals surface area contributed by atoms with Gasteiger partial charge < -0.3 is 9.88 Å². The molecule has 6 rings (SSSR count). The van der Waals surface area contributed by atoms with Crippen molar-refractivity contribution >= 4 is 5.69 Å². The average Bonchev–Trinajstić information content (AvgIpc) is 3.46. The Morgan fingerprint density at radius 2 is 1.82 bits per heavy atom. The number of anilines is 1. The van der Waals surface area contributed by atoms with Crippen LogP contribution in [-0.2, 0) is 6.54 Å². The Bertz CT molecular complexity index is 1340. The summed E-state index contributed by atoms with van der Waals surface area (Å²) in [6, 6.07) is 19.5. The molecule has 1 N–H and O–H groups in total. The lowest BCUT2D eigenvalue weighted by molar-refractivity contribution is 0.361. The molecule has 5 nitrogen and oxygen atoms in total. The zero-order valence-corrected chi connectivity index (χ0v) is 18.8. The van der Waals surface area contributed by atoms with E-state index in [9.17, 15) is 0 Å². The Balaban J connectivity index is 1.36. The molecule has 1 saturated carbocycles. The largest absolute Gasteiger partial charge is 0.382 e. The summed E-state index contributed by atoms with van der Waals surface area (Å²) in [5.74, 6) is 1.81. The minimum atomic E-state index is 0.568. The van der Waals surface area contributed by atoms with Crippen LogP contribution in [0.4, 0.5) is 5.69 Å². The Labute approximate surface area is 194 Å². The van der Waals surface area contributed by atoms with Gasteiger partial charge in [0.2, 0.25) is 0 Å². The summed E-state index contributed by atoms with van der Waals surface area (Å²) in [5, 5.41) is 12.9. The molecule has 2 aliphatic rings. The molecular weight excluding hydrogens is 406 g/mol. The molecule has 1 fully saturated rings. The summed E-state index contributed by atoms with van der Waals surface area (Å²) >= 11 is 0. The van der Waals surface area contributed by atoms with Crippen LogP contribution < -0.4 is 5.32 Å². The van der Waals surface area contributed by atoms with Crippen LogP contribution in [0.25, 0.3) is 28.3 Å². The first-order valence-corrected chi connectivity index (χ1v) is 11.8. The molecule has 2 aromatic carbocycles. The van der Waals surface area contributed by atoms with E-state index in [0.29, 0.717) is 11.6 Å². The molecule has 0 amide bonds. The summed E-state index contributed by atoms with van der Waals surface area (Å²) in [6.45, 7) is 3.16. The highest BCUT2D eigenvalue weighted by molar-refractivity contribution is 5.72. The van der Waals surface area contributed by atoms with Crippen molar-refractivity contribution < 1.29 is 0 Å². The molecule has 5 heteroatoms. The lowest BCUT2D eigenvalue weighted by atomic mass is 9.87. The number of rotatable bonds is 3. The molecule has 4 aromatic rings. The Kier molecular flexibility index (Phi) is 4.80. The summed E-state index contributed by atoms with van der Waals surface area (Å²) < 4.78 is 4.49. The number of hydrogen-bond acceptors (Lipinski definition) is 3. The first-order valence-electron chi connectivity index (χ1n) is 11.8. The van der Waals surface area contributed by atoms with Crippen LogP contribution in [0, 0.1) is 17.2 Å². The normalized spacial score (nSPS) is 19.0. The fraction of sp³-hybridized carbons (Fsp3) is 0.286. The first kappa shape index (κ1) is 19.9. The van der Waals surface area contributed by atoms with Gasteiger partial charge in [0.15, 0.2) is 5.82 Å². The highest BCUT2D eigenvalue weighted by Crippen LogP contribution is 2.35. The summed E-state index contributed by atoms with van der Waals surface area (Å²) in [7, 11) is 0. The van der Waals surface area contributed by atoms with Crippen molar-refractivity contribution in [3.05, 3.63) is 78.2 Å². The predicted octanol–water partition coefficient (Wildman–Crippen LogP) is 6.23. The molecular formula is C28H27N5. The summed E-state index contributed by atoms with van der Waals surface area (Å²) in [5.41, 5.74) is 7.70. The summed E-state index contributed by atoms with van der Waals surface area (Å²) in [4.78, 5) is 4.70. The first-order chi connectivity index (χ1) is 16.2. The molecule has 0 atom stereocenters. The van der Waals surface area contributed by atoms with Crippen molar-refractivity contribution in [2.75, 3.05) is 5.32 Å². The Hall–Kier alpha value is -3.78. The second-order valence-corrected chi connectivity index (χ2v) is 9.50. The number of imidazole rings is 1. The van der Waals surface area contributed by atoms with E-state index in [2.05, 4.69) is 57.9 Å². The fourth-order valence-corrected chi connectivity index (χ4v) is 5.27. The maximum Gasteiger partial charge on any atom is 0.161 e. The molecule has 0 radical (unpaired) electrons. The van der Waals surface area contributed by atoms with Crippen LogP contribution in [0.1, 0.15) is 43.7 Å². The fourth-order valence-electron chi connectivity index (χ4n) is 5.27. The second-order valence-electron chi connectivity index (χ2n) is 9.50. The number of fused-ring (bicyclic) bond motifs is 5. The van der Waals surface area contributed by atoms with Gasteiger partial charge in [-0.25, -0.2) is 4.98 Å². The highest BCUT2D eigenvalue weighted by atomic mass is 15.1. The minimum Gasteiger partial charge on any atom is -0.382 e. The van der Waals surface area contributed by atoms with Crippen molar-refractivity contribution in [1.29, 1.82) is 5.26 Å². The smallest absolute Gasteiger partial charge is 0.161 e. The third-order valence-electron chi connectivity index (χ3n) is 7.18. The van der Waals surface area contributed by atoms with E-state index in [1.54, 1.807) is 0 Å². The molecule has 3 heterocycles. The van der Waals surface area contributed by atoms with E-state index in [-0.39, 0.29) is 0 Å². The van der Waals surface area contributed by atoms with Gasteiger partial charge in [0.05, 0.1) is 23.0 Å². The van der Waals surface area contributed by atoms with Crippen molar-refractivity contribution in [1.82, 2.24) is 14.1 Å². The third kappa shape index (κ3) is 3.62. The molecule has 0 saturated heterocycles. The molecule has 2 aromatic heterocycles. The van der Waals surface area contributed by atoms with Crippen molar-refractivity contribution in [3.8, 4) is 34.4 Å². The third-order valence-corrected chi connectivity index (χ3v) is 7.18. The molecule has 164 valence electrons. The molecule has 0 unspecified atom stereocenters. The van der Waals surface area contributed by atoms with E-state index < -0.39 is 0 Å². The number of benzene rings is 2. The van der Waals surface area contributed by atoms with Crippen molar-refractivity contribution in [3.63, 3.8) is 0 Å². The van der Waals surface area contributed by atoms with Gasteiger partial charge in [-0.15, -0.1) is 0 Å². The number of nitriles is 1. The van der Waals surface area contributed by atoms with E-state index in [1.807, 2.05) is 36.7 Å². The number of aromatic nitrogens is 3. The van der Waals surface area contributed by atoms with Crippen LogP contribution in [0.2, 0.25) is 0 Å². The van der Waals surface area contributed by atoms with E-state index in [1.165, 1.54) is 42.6 Å². The SMILES string of the molecule is CC1CCC(Nc2ccc3c(c2)Cn2cc(-c4ccc(C#N)cc4)cc2-c2nccn2-3)CC1. The number of hydrogen-bond donors (Lipinski definition) is 1. The lowest BCUT2D eigenvalue weighted by Gasteiger charge is -2.28. The standard InChI is InChI=1S/C28H27N5/c1-19-2-8-24(9-3-19)31-25-10-11-26-23(14-25)18-32-17-22(21-6-4-20(16-29)5-7-21)15-27(32)28-30-12-13-33(26)28/h4-7,10-15,17,19,24,31H,2-3,8-9,18H2,1H3. The monoisotopic (exact) mass is 433 g/mol. The van der Waals surface area contributed by atoms with Gasteiger partial charge in [0, 0.05) is 42.4 Å². The van der Waals surface area contributed by atoms with Crippen LogP contribution in [-0.4, -0.2) is 20.2 Å². The van der Waals surface area contributed by atoms with Gasteiger partial charge in [0.25, 0.3) is 0 Å². The molecule has 0 bridgehead atoms. The Morgan fingerprint density at radius 3 is 2.61 bits per heavy atom. The molecule has 33 heavy (non-hydrogen) atoms. The van der Waals surface area contributed by atoms with Crippen LogP contribution in [0.5, 0.6) is 0 Å². The van der Waals surface area contributed by atoms with Gasteiger partial charge >= 0.3 is 0 Å². The maximum absolute atomic E-state index is 9.11. The summed E-state index contributed by atoms with van der Waals surface area (Å²) in [6.07, 6.45) is 11.2. The van der Waals surface area contributed by atoms with E-state index >= 15 is 0 Å². The lowest BCUT2D eigenvalue weighted by Crippen LogP contribution is -2.25. The zero-order valence-electron chi connectivity index (χ0n) is 18.8. The van der Waals surface area contributed by atoms with Crippen molar-refractivity contribution in [2.45, 2.75) is 45.2 Å². The van der Waals surface area contributed by atoms with Gasteiger partial charge in [-0.1, -0.05) is 19.1 Å². The predicted molar refractivity (Wildman–Crippen MR) is 131 cm³/mol. The molecule has 1 aliphatic heterocycles. The quantitative estimate of drug-likeness (QED) is 0.367. The zero-order chi connectivity index (χ0) is 22.4.